The standard InChI is InChI=1S/C15H18ClN3O2/c16-12-3-1-2-11(8-12)9-18-6-7-19(15(18)21)10-14(20)17-13-4-5-13/h1-3,8,13H,4-7,9-10H2,(H,17,20). The third-order valence-corrected chi connectivity index (χ3v) is 3.96. The zero-order valence-electron chi connectivity index (χ0n) is 11.7. The average Bonchev–Trinajstić information content (AvgIpc) is 3.19. The maximum Gasteiger partial charge on any atom is 0.320 e. The third-order valence-electron chi connectivity index (χ3n) is 3.72. The van der Waals surface area contributed by atoms with Gasteiger partial charge >= 0.3 is 6.03 Å². The predicted molar refractivity (Wildman–Crippen MR) is 80.0 cm³/mol. The Hall–Kier alpha value is -1.75. The van der Waals surface area contributed by atoms with E-state index in [1.54, 1.807) is 9.80 Å². The first-order valence-corrected chi connectivity index (χ1v) is 7.57. The van der Waals surface area contributed by atoms with E-state index in [4.69, 9.17) is 11.6 Å². The zero-order valence-corrected chi connectivity index (χ0v) is 12.5. The number of carbonyl (C=O) groups is 2. The number of halogens is 1. The van der Waals surface area contributed by atoms with Crippen molar-refractivity contribution >= 4 is 23.5 Å². The van der Waals surface area contributed by atoms with Crippen LogP contribution in [0.5, 0.6) is 0 Å². The third kappa shape index (κ3) is 3.67. The van der Waals surface area contributed by atoms with Crippen LogP contribution in [0.25, 0.3) is 0 Å². The molecule has 2 aliphatic rings. The molecular formula is C15H18ClN3O2. The van der Waals surface area contributed by atoms with Crippen LogP contribution in [-0.2, 0) is 11.3 Å². The molecule has 1 saturated carbocycles. The summed E-state index contributed by atoms with van der Waals surface area (Å²) in [4.78, 5) is 27.4. The van der Waals surface area contributed by atoms with Crippen molar-refractivity contribution in [3.05, 3.63) is 34.9 Å². The lowest BCUT2D eigenvalue weighted by Gasteiger charge is -2.18. The van der Waals surface area contributed by atoms with Gasteiger partial charge in [0.2, 0.25) is 5.91 Å². The number of hydrogen-bond donors (Lipinski definition) is 1. The van der Waals surface area contributed by atoms with Gasteiger partial charge in [-0.05, 0) is 30.5 Å². The molecule has 1 aromatic rings. The second kappa shape index (κ2) is 5.93. The van der Waals surface area contributed by atoms with Crippen LogP contribution in [0.4, 0.5) is 4.79 Å². The number of nitrogens with one attached hydrogen (secondary N) is 1. The Bertz CT molecular complexity index is 560. The van der Waals surface area contributed by atoms with E-state index in [2.05, 4.69) is 5.32 Å². The first-order valence-electron chi connectivity index (χ1n) is 7.19. The van der Waals surface area contributed by atoms with Crippen LogP contribution in [0, 0.1) is 0 Å². The molecule has 1 aliphatic heterocycles. The first-order chi connectivity index (χ1) is 10.1. The molecule has 0 aromatic heterocycles. The molecule has 5 nitrogen and oxygen atoms in total. The molecular weight excluding hydrogens is 290 g/mol. The van der Waals surface area contributed by atoms with Crippen molar-refractivity contribution in [2.24, 2.45) is 0 Å². The van der Waals surface area contributed by atoms with E-state index in [1.165, 1.54) is 0 Å². The summed E-state index contributed by atoms with van der Waals surface area (Å²) in [6.45, 7) is 1.92. The Morgan fingerprint density at radius 2 is 2.05 bits per heavy atom. The molecule has 3 rings (SSSR count). The van der Waals surface area contributed by atoms with Gasteiger partial charge in [-0.1, -0.05) is 23.7 Å². The van der Waals surface area contributed by atoms with Crippen molar-refractivity contribution in [3.8, 4) is 0 Å². The summed E-state index contributed by atoms with van der Waals surface area (Å²) in [6, 6.07) is 7.74. The van der Waals surface area contributed by atoms with Gasteiger partial charge in [-0.15, -0.1) is 0 Å². The molecule has 2 fully saturated rings. The fourth-order valence-corrected chi connectivity index (χ4v) is 2.67. The van der Waals surface area contributed by atoms with Gasteiger partial charge in [-0.2, -0.15) is 0 Å². The lowest BCUT2D eigenvalue weighted by molar-refractivity contribution is -0.121. The van der Waals surface area contributed by atoms with Crippen LogP contribution >= 0.6 is 11.6 Å². The number of nitrogens with zero attached hydrogens (tertiary/aromatic N) is 2. The molecule has 0 radical (unpaired) electrons. The highest BCUT2D eigenvalue weighted by molar-refractivity contribution is 6.30. The van der Waals surface area contributed by atoms with Crippen LogP contribution in [0.2, 0.25) is 5.02 Å². The topological polar surface area (TPSA) is 52.7 Å². The molecule has 1 aromatic carbocycles. The summed E-state index contributed by atoms with van der Waals surface area (Å²) >= 11 is 5.95. The number of amides is 3. The van der Waals surface area contributed by atoms with Crippen molar-refractivity contribution in [1.82, 2.24) is 15.1 Å². The second-order valence-electron chi connectivity index (χ2n) is 5.60. The highest BCUT2D eigenvalue weighted by Gasteiger charge is 2.31. The normalized spacial score (nSPS) is 18.2. The summed E-state index contributed by atoms with van der Waals surface area (Å²) in [5.41, 5.74) is 1.00. The Morgan fingerprint density at radius 1 is 1.29 bits per heavy atom. The Balaban J connectivity index is 1.54. The molecule has 0 unspecified atom stereocenters. The van der Waals surface area contributed by atoms with Gasteiger partial charge in [-0.25, -0.2) is 4.79 Å². The fourth-order valence-electron chi connectivity index (χ4n) is 2.46. The Kier molecular flexibility index (Phi) is 4.01. The summed E-state index contributed by atoms with van der Waals surface area (Å²) in [7, 11) is 0. The average molecular weight is 308 g/mol. The van der Waals surface area contributed by atoms with Gasteiger partial charge in [0, 0.05) is 30.7 Å². The van der Waals surface area contributed by atoms with Crippen LogP contribution in [0.1, 0.15) is 18.4 Å². The van der Waals surface area contributed by atoms with E-state index in [0.717, 1.165) is 18.4 Å². The second-order valence-corrected chi connectivity index (χ2v) is 6.03. The lowest BCUT2D eigenvalue weighted by atomic mass is 10.2. The van der Waals surface area contributed by atoms with Gasteiger partial charge in [0.05, 0.1) is 0 Å². The van der Waals surface area contributed by atoms with E-state index < -0.39 is 0 Å². The molecule has 0 atom stereocenters. The Labute approximate surface area is 128 Å². The lowest BCUT2D eigenvalue weighted by Crippen LogP contribution is -2.40. The number of benzene rings is 1. The van der Waals surface area contributed by atoms with E-state index in [1.807, 2.05) is 24.3 Å². The Morgan fingerprint density at radius 3 is 2.76 bits per heavy atom. The predicted octanol–water partition coefficient (Wildman–Crippen LogP) is 1.86. The molecule has 1 heterocycles. The minimum Gasteiger partial charge on any atom is -0.352 e. The van der Waals surface area contributed by atoms with Crippen molar-refractivity contribution in [2.45, 2.75) is 25.4 Å². The van der Waals surface area contributed by atoms with Crippen molar-refractivity contribution < 1.29 is 9.59 Å². The van der Waals surface area contributed by atoms with Gasteiger partial charge in [-0.3, -0.25) is 4.79 Å². The maximum atomic E-state index is 12.3. The minimum atomic E-state index is -0.0825. The van der Waals surface area contributed by atoms with Crippen molar-refractivity contribution in [3.63, 3.8) is 0 Å². The highest BCUT2D eigenvalue weighted by Crippen LogP contribution is 2.19. The molecule has 1 N–H and O–H groups in total. The van der Waals surface area contributed by atoms with Crippen LogP contribution in [0.3, 0.4) is 0 Å². The van der Waals surface area contributed by atoms with Crippen molar-refractivity contribution in [2.75, 3.05) is 19.6 Å². The molecule has 1 saturated heterocycles. The quantitative estimate of drug-likeness (QED) is 0.902. The highest BCUT2D eigenvalue weighted by atomic mass is 35.5. The number of hydrogen-bond acceptors (Lipinski definition) is 2. The van der Waals surface area contributed by atoms with Crippen LogP contribution < -0.4 is 5.32 Å². The smallest absolute Gasteiger partial charge is 0.320 e. The largest absolute Gasteiger partial charge is 0.352 e. The van der Waals surface area contributed by atoms with E-state index >= 15 is 0 Å². The van der Waals surface area contributed by atoms with Crippen molar-refractivity contribution in [1.29, 1.82) is 0 Å². The summed E-state index contributed by atoms with van der Waals surface area (Å²) in [5, 5.41) is 3.57. The molecule has 21 heavy (non-hydrogen) atoms. The van der Waals surface area contributed by atoms with Gasteiger partial charge in [0.15, 0.2) is 0 Å². The van der Waals surface area contributed by atoms with Gasteiger partial charge in [0.1, 0.15) is 6.54 Å². The van der Waals surface area contributed by atoms with E-state index in [9.17, 15) is 9.59 Å². The summed E-state index contributed by atoms with van der Waals surface area (Å²) < 4.78 is 0. The summed E-state index contributed by atoms with van der Waals surface area (Å²) in [6.07, 6.45) is 2.11. The van der Waals surface area contributed by atoms with Gasteiger partial charge < -0.3 is 15.1 Å². The molecule has 112 valence electrons. The first kappa shape index (κ1) is 14.2. The number of urea groups is 1. The molecule has 0 spiro atoms. The number of rotatable bonds is 5. The SMILES string of the molecule is O=C(CN1CCN(Cc2cccc(Cl)c2)C1=O)NC1CC1. The van der Waals surface area contributed by atoms with E-state index in [-0.39, 0.29) is 18.5 Å². The monoisotopic (exact) mass is 307 g/mol. The molecule has 1 aliphatic carbocycles. The molecule has 6 heteroatoms. The van der Waals surface area contributed by atoms with Crippen LogP contribution in [0.15, 0.2) is 24.3 Å². The molecule has 3 amide bonds. The summed E-state index contributed by atoms with van der Waals surface area (Å²) in [5.74, 6) is -0.0598. The maximum absolute atomic E-state index is 12.3. The zero-order chi connectivity index (χ0) is 14.8. The number of carbonyl (C=O) groups excluding carboxylic acids is 2. The van der Waals surface area contributed by atoms with Crippen LogP contribution in [-0.4, -0.2) is 47.4 Å². The van der Waals surface area contributed by atoms with Gasteiger partial charge in [0.25, 0.3) is 0 Å². The molecule has 0 bridgehead atoms. The minimum absolute atomic E-state index is 0.0598. The van der Waals surface area contributed by atoms with E-state index in [0.29, 0.717) is 30.7 Å². The fraction of sp³-hybridized carbons (Fsp3) is 0.467.